The van der Waals surface area contributed by atoms with Gasteiger partial charge in [-0.1, -0.05) is 6.42 Å². The van der Waals surface area contributed by atoms with Crippen molar-refractivity contribution in [3.05, 3.63) is 36.5 Å². The summed E-state index contributed by atoms with van der Waals surface area (Å²) in [6.07, 6.45) is 12.2. The molecule has 0 aromatic carbocycles. The van der Waals surface area contributed by atoms with Gasteiger partial charge < -0.3 is 4.90 Å². The number of unbranched alkanes of at least 4 members (excludes halogenated alkanes) is 2. The number of hydrogen-bond acceptors (Lipinski definition) is 3. The second kappa shape index (κ2) is 8.05. The third-order valence-electron chi connectivity index (χ3n) is 3.68. The molecule has 1 saturated heterocycles. The molecule has 3 heteroatoms. The van der Waals surface area contributed by atoms with E-state index in [9.17, 15) is 4.79 Å². The zero-order chi connectivity index (χ0) is 13.3. The van der Waals surface area contributed by atoms with Crippen molar-refractivity contribution in [2.45, 2.75) is 38.5 Å². The lowest BCUT2D eigenvalue weighted by molar-refractivity contribution is 0.0978. The number of likely N-dealkylation sites (tertiary alicyclic amines) is 1. The predicted molar refractivity (Wildman–Crippen MR) is 77.0 cm³/mol. The van der Waals surface area contributed by atoms with E-state index in [-0.39, 0.29) is 5.78 Å². The van der Waals surface area contributed by atoms with Crippen LogP contribution in [-0.4, -0.2) is 35.3 Å². The van der Waals surface area contributed by atoms with Crippen LogP contribution in [0.15, 0.2) is 24.5 Å². The molecule has 0 N–H and O–H groups in total. The number of pyridine rings is 1. The van der Waals surface area contributed by atoms with Crippen LogP contribution in [0.25, 0.3) is 0 Å². The summed E-state index contributed by atoms with van der Waals surface area (Å²) in [4.78, 5) is 18.3. The largest absolute Gasteiger partial charge is 0.303 e. The van der Waals surface area contributed by atoms with Crippen LogP contribution in [-0.2, 0) is 0 Å². The highest BCUT2D eigenvalue weighted by Gasteiger charge is 2.09. The lowest BCUT2D eigenvalue weighted by atomic mass is 10.1. The Morgan fingerprint density at radius 1 is 1.11 bits per heavy atom. The molecule has 1 aliphatic heterocycles. The maximum absolute atomic E-state index is 11.9. The second-order valence-corrected chi connectivity index (χ2v) is 5.18. The lowest BCUT2D eigenvalue weighted by Gasteiger charge is -2.26. The Bertz CT molecular complexity index is 372. The van der Waals surface area contributed by atoms with Gasteiger partial charge in [0, 0.05) is 24.4 Å². The molecule has 2 heterocycles. The zero-order valence-electron chi connectivity index (χ0n) is 11.6. The topological polar surface area (TPSA) is 33.2 Å². The summed E-state index contributed by atoms with van der Waals surface area (Å²) < 4.78 is 0. The number of Topliss-reactive ketones (excluding diaryl/α,β-unsaturated/α-hetero) is 1. The average Bonchev–Trinajstić information content (AvgIpc) is 2.49. The molecule has 1 fully saturated rings. The number of hydrogen-bond donors (Lipinski definition) is 0. The van der Waals surface area contributed by atoms with Gasteiger partial charge in [0.2, 0.25) is 0 Å². The summed E-state index contributed by atoms with van der Waals surface area (Å²) in [6, 6.07) is 3.60. The summed E-state index contributed by atoms with van der Waals surface area (Å²) >= 11 is 0. The van der Waals surface area contributed by atoms with E-state index < -0.39 is 0 Å². The SMILES string of the molecule is O=C(CCCCCN1CC[CH]CC1)c1ccncc1. The highest BCUT2D eigenvalue weighted by molar-refractivity contribution is 5.95. The summed E-state index contributed by atoms with van der Waals surface area (Å²) in [5.41, 5.74) is 0.793. The number of aromatic nitrogens is 1. The summed E-state index contributed by atoms with van der Waals surface area (Å²) in [6.45, 7) is 3.63. The number of piperidine rings is 1. The molecule has 103 valence electrons. The van der Waals surface area contributed by atoms with Gasteiger partial charge in [0.1, 0.15) is 0 Å². The van der Waals surface area contributed by atoms with Crippen molar-refractivity contribution in [1.82, 2.24) is 9.88 Å². The van der Waals surface area contributed by atoms with Crippen LogP contribution in [0.4, 0.5) is 0 Å². The molecule has 1 aromatic rings. The first kappa shape index (κ1) is 14.2. The highest BCUT2D eigenvalue weighted by Crippen LogP contribution is 2.11. The number of carbonyl (C=O) groups excluding carboxylic acids is 1. The third-order valence-corrected chi connectivity index (χ3v) is 3.68. The fraction of sp³-hybridized carbons (Fsp3) is 0.562. The number of nitrogens with zero attached hydrogens (tertiary/aromatic N) is 2. The van der Waals surface area contributed by atoms with Gasteiger partial charge in [-0.3, -0.25) is 9.78 Å². The average molecular weight is 259 g/mol. The van der Waals surface area contributed by atoms with E-state index in [1.54, 1.807) is 24.5 Å². The number of rotatable bonds is 7. The lowest BCUT2D eigenvalue weighted by Crippen LogP contribution is -2.30. The van der Waals surface area contributed by atoms with E-state index in [0.29, 0.717) is 6.42 Å². The van der Waals surface area contributed by atoms with E-state index in [0.717, 1.165) is 18.4 Å². The van der Waals surface area contributed by atoms with Gasteiger partial charge in [0.05, 0.1) is 0 Å². The highest BCUT2D eigenvalue weighted by atomic mass is 16.1. The van der Waals surface area contributed by atoms with Crippen molar-refractivity contribution in [2.75, 3.05) is 19.6 Å². The Morgan fingerprint density at radius 3 is 2.58 bits per heavy atom. The maximum Gasteiger partial charge on any atom is 0.162 e. The van der Waals surface area contributed by atoms with E-state index in [2.05, 4.69) is 16.3 Å². The molecular formula is C16H23N2O. The van der Waals surface area contributed by atoms with Crippen LogP contribution >= 0.6 is 0 Å². The van der Waals surface area contributed by atoms with Crippen molar-refractivity contribution in [3.8, 4) is 0 Å². The van der Waals surface area contributed by atoms with Gasteiger partial charge in [-0.15, -0.1) is 0 Å². The monoisotopic (exact) mass is 259 g/mol. The van der Waals surface area contributed by atoms with Gasteiger partial charge in [-0.25, -0.2) is 0 Å². The minimum Gasteiger partial charge on any atom is -0.303 e. The normalized spacial score (nSPS) is 16.4. The van der Waals surface area contributed by atoms with Gasteiger partial charge in [-0.2, -0.15) is 0 Å². The van der Waals surface area contributed by atoms with E-state index in [1.165, 1.54) is 38.9 Å². The van der Waals surface area contributed by atoms with Crippen LogP contribution < -0.4 is 0 Å². The molecule has 0 atom stereocenters. The predicted octanol–water partition coefficient (Wildman–Crippen LogP) is 3.12. The molecule has 0 saturated carbocycles. The molecule has 19 heavy (non-hydrogen) atoms. The van der Waals surface area contributed by atoms with Crippen molar-refractivity contribution >= 4 is 5.78 Å². The molecule has 1 aromatic heterocycles. The number of ketones is 1. The first-order chi connectivity index (χ1) is 9.36. The van der Waals surface area contributed by atoms with Crippen molar-refractivity contribution < 1.29 is 4.79 Å². The Morgan fingerprint density at radius 2 is 1.84 bits per heavy atom. The van der Waals surface area contributed by atoms with Crippen LogP contribution in [0.5, 0.6) is 0 Å². The van der Waals surface area contributed by atoms with Crippen molar-refractivity contribution in [3.63, 3.8) is 0 Å². The molecule has 0 bridgehead atoms. The van der Waals surface area contributed by atoms with Crippen molar-refractivity contribution in [2.24, 2.45) is 0 Å². The fourth-order valence-corrected chi connectivity index (χ4v) is 2.51. The maximum atomic E-state index is 11.9. The fourth-order valence-electron chi connectivity index (χ4n) is 2.51. The Kier molecular flexibility index (Phi) is 6.02. The smallest absolute Gasteiger partial charge is 0.162 e. The van der Waals surface area contributed by atoms with Crippen LogP contribution in [0.1, 0.15) is 48.9 Å². The van der Waals surface area contributed by atoms with Gasteiger partial charge in [-0.05, 0) is 63.9 Å². The summed E-state index contributed by atoms with van der Waals surface area (Å²) in [7, 11) is 0. The summed E-state index contributed by atoms with van der Waals surface area (Å²) in [5, 5.41) is 0. The van der Waals surface area contributed by atoms with Crippen LogP contribution in [0.3, 0.4) is 0 Å². The molecule has 0 amide bonds. The first-order valence-corrected chi connectivity index (χ1v) is 7.33. The molecule has 1 aliphatic rings. The van der Waals surface area contributed by atoms with Crippen LogP contribution in [0, 0.1) is 6.42 Å². The standard InChI is InChI=1S/C16H23N2O/c19-16(15-8-10-17-11-9-15)7-3-1-4-12-18-13-5-2-6-14-18/h2,8-11H,1,3-7,12-14H2. The van der Waals surface area contributed by atoms with Crippen molar-refractivity contribution in [1.29, 1.82) is 0 Å². The molecule has 1 radical (unpaired) electrons. The molecular weight excluding hydrogens is 236 g/mol. The first-order valence-electron chi connectivity index (χ1n) is 7.33. The molecule has 0 unspecified atom stereocenters. The molecule has 3 nitrogen and oxygen atoms in total. The summed E-state index contributed by atoms with van der Waals surface area (Å²) in [5.74, 6) is 0.245. The third kappa shape index (κ3) is 5.11. The minimum absolute atomic E-state index is 0.245. The van der Waals surface area contributed by atoms with E-state index >= 15 is 0 Å². The van der Waals surface area contributed by atoms with E-state index in [4.69, 9.17) is 0 Å². The Labute approximate surface area is 116 Å². The van der Waals surface area contributed by atoms with Gasteiger partial charge >= 0.3 is 0 Å². The van der Waals surface area contributed by atoms with E-state index in [1.807, 2.05) is 0 Å². The van der Waals surface area contributed by atoms with Crippen LogP contribution in [0.2, 0.25) is 0 Å². The second-order valence-electron chi connectivity index (χ2n) is 5.18. The van der Waals surface area contributed by atoms with Gasteiger partial charge in [0.25, 0.3) is 0 Å². The minimum atomic E-state index is 0.245. The quantitative estimate of drug-likeness (QED) is 0.557. The Balaban J connectivity index is 1.55. The molecule has 2 rings (SSSR count). The number of carbonyl (C=O) groups is 1. The molecule has 0 aliphatic carbocycles. The van der Waals surface area contributed by atoms with Gasteiger partial charge in [0.15, 0.2) is 5.78 Å². The Hall–Kier alpha value is -1.22. The zero-order valence-corrected chi connectivity index (χ0v) is 11.6. The molecule has 0 spiro atoms.